The van der Waals surface area contributed by atoms with Crippen LogP contribution in [0.2, 0.25) is 0 Å². The Labute approximate surface area is 203 Å². The minimum absolute atomic E-state index is 0.100. The number of anilines is 2. The van der Waals surface area contributed by atoms with Crippen molar-refractivity contribution in [1.29, 1.82) is 0 Å². The highest BCUT2D eigenvalue weighted by atomic mass is 32.2. The molecule has 35 heavy (non-hydrogen) atoms. The van der Waals surface area contributed by atoms with Crippen LogP contribution >= 0.6 is 0 Å². The van der Waals surface area contributed by atoms with E-state index in [0.29, 0.717) is 0 Å². The molecule has 0 radical (unpaired) electrons. The smallest absolute Gasteiger partial charge is 0.261 e. The van der Waals surface area contributed by atoms with Crippen molar-refractivity contribution >= 4 is 27.3 Å². The standard InChI is InChI=1S/C27H23FN2O4S/c28-22-15-17-23(18-16-22)35(32,33)30-25-14-8-7-13-24(25)29-26(31)19-34-27(20-9-3-1-4-10-20)21-11-5-2-6-12-21/h1-18,27,30H,19H2,(H,29,31). The van der Waals surface area contributed by atoms with E-state index in [2.05, 4.69) is 10.0 Å². The van der Waals surface area contributed by atoms with Crippen LogP contribution in [0.25, 0.3) is 0 Å². The lowest BCUT2D eigenvalue weighted by Crippen LogP contribution is -2.22. The summed E-state index contributed by atoms with van der Waals surface area (Å²) >= 11 is 0. The fourth-order valence-corrected chi connectivity index (χ4v) is 4.56. The van der Waals surface area contributed by atoms with Gasteiger partial charge in [-0.2, -0.15) is 0 Å². The van der Waals surface area contributed by atoms with Crippen LogP contribution in [-0.2, 0) is 19.6 Å². The number of carbonyl (C=O) groups is 1. The number of nitrogens with one attached hydrogen (secondary N) is 2. The lowest BCUT2D eigenvalue weighted by molar-refractivity contribution is -0.121. The molecule has 0 saturated heterocycles. The van der Waals surface area contributed by atoms with Crippen molar-refractivity contribution in [3.05, 3.63) is 126 Å². The van der Waals surface area contributed by atoms with Gasteiger partial charge in [0.05, 0.1) is 16.3 Å². The first-order valence-electron chi connectivity index (χ1n) is 10.8. The second kappa shape index (κ2) is 10.9. The van der Waals surface area contributed by atoms with Gasteiger partial charge in [0.15, 0.2) is 0 Å². The zero-order valence-electron chi connectivity index (χ0n) is 18.6. The van der Waals surface area contributed by atoms with Crippen LogP contribution in [0, 0.1) is 5.82 Å². The fourth-order valence-electron chi connectivity index (χ4n) is 3.48. The van der Waals surface area contributed by atoms with Gasteiger partial charge in [0.25, 0.3) is 10.0 Å². The van der Waals surface area contributed by atoms with E-state index in [9.17, 15) is 17.6 Å². The monoisotopic (exact) mass is 490 g/mol. The van der Waals surface area contributed by atoms with Gasteiger partial charge in [-0.05, 0) is 47.5 Å². The molecule has 4 aromatic rings. The molecule has 4 aromatic carbocycles. The maximum atomic E-state index is 13.2. The van der Waals surface area contributed by atoms with Crippen LogP contribution in [-0.4, -0.2) is 20.9 Å². The Hall–Kier alpha value is -4.01. The van der Waals surface area contributed by atoms with E-state index < -0.39 is 27.9 Å². The summed E-state index contributed by atoms with van der Waals surface area (Å²) in [6.45, 7) is -0.256. The zero-order chi connectivity index (χ0) is 24.7. The number of hydrogen-bond donors (Lipinski definition) is 2. The van der Waals surface area contributed by atoms with Gasteiger partial charge in [0.2, 0.25) is 5.91 Å². The number of amides is 1. The summed E-state index contributed by atoms with van der Waals surface area (Å²) in [5.74, 6) is -0.990. The second-order valence-corrected chi connectivity index (χ2v) is 9.35. The highest BCUT2D eigenvalue weighted by Gasteiger charge is 2.19. The first-order chi connectivity index (χ1) is 16.9. The number of halogens is 1. The molecule has 0 unspecified atom stereocenters. The molecule has 4 rings (SSSR count). The number of hydrogen-bond acceptors (Lipinski definition) is 4. The van der Waals surface area contributed by atoms with Gasteiger partial charge in [0, 0.05) is 0 Å². The van der Waals surface area contributed by atoms with Gasteiger partial charge < -0.3 is 10.1 Å². The van der Waals surface area contributed by atoms with Crippen molar-refractivity contribution in [2.75, 3.05) is 16.6 Å². The molecule has 0 spiro atoms. The van der Waals surface area contributed by atoms with Crippen molar-refractivity contribution in [2.45, 2.75) is 11.0 Å². The summed E-state index contributed by atoms with van der Waals surface area (Å²) in [6.07, 6.45) is -0.449. The van der Waals surface area contributed by atoms with Crippen molar-refractivity contribution in [1.82, 2.24) is 0 Å². The Kier molecular flexibility index (Phi) is 7.54. The van der Waals surface area contributed by atoms with Gasteiger partial charge in [-0.3, -0.25) is 9.52 Å². The summed E-state index contributed by atoms with van der Waals surface area (Å²) in [7, 11) is -3.99. The molecule has 1 amide bonds. The molecule has 0 bridgehead atoms. The van der Waals surface area contributed by atoms with Crippen LogP contribution in [0.5, 0.6) is 0 Å². The van der Waals surface area contributed by atoms with Crippen molar-refractivity contribution in [2.24, 2.45) is 0 Å². The highest BCUT2D eigenvalue weighted by Crippen LogP contribution is 2.27. The first kappa shape index (κ1) is 24.1. The topological polar surface area (TPSA) is 84.5 Å². The number of rotatable bonds is 9. The average Bonchev–Trinajstić information content (AvgIpc) is 2.87. The molecule has 0 aliphatic carbocycles. The van der Waals surface area contributed by atoms with E-state index in [1.54, 1.807) is 18.2 Å². The Morgan fingerprint density at radius 1 is 0.743 bits per heavy atom. The molecule has 0 aromatic heterocycles. The largest absolute Gasteiger partial charge is 0.359 e. The maximum absolute atomic E-state index is 13.2. The molecular formula is C27H23FN2O4S. The fraction of sp³-hybridized carbons (Fsp3) is 0.0741. The van der Waals surface area contributed by atoms with E-state index >= 15 is 0 Å². The SMILES string of the molecule is O=C(COC(c1ccccc1)c1ccccc1)Nc1ccccc1NS(=O)(=O)c1ccc(F)cc1. The lowest BCUT2D eigenvalue weighted by atomic mass is 10.0. The van der Waals surface area contributed by atoms with Crippen LogP contribution in [0.4, 0.5) is 15.8 Å². The van der Waals surface area contributed by atoms with Crippen LogP contribution in [0.3, 0.4) is 0 Å². The molecular weight excluding hydrogens is 467 g/mol. The first-order valence-corrected chi connectivity index (χ1v) is 12.3. The third-order valence-electron chi connectivity index (χ3n) is 5.16. The summed E-state index contributed by atoms with van der Waals surface area (Å²) in [5.41, 5.74) is 2.24. The Balaban J connectivity index is 1.47. The summed E-state index contributed by atoms with van der Waals surface area (Å²) < 4.78 is 47.0. The molecule has 6 nitrogen and oxygen atoms in total. The molecule has 2 N–H and O–H groups in total. The molecule has 0 heterocycles. The predicted octanol–water partition coefficient (Wildman–Crippen LogP) is 5.37. The summed E-state index contributed by atoms with van der Waals surface area (Å²) in [5, 5.41) is 2.70. The van der Waals surface area contributed by atoms with Crippen LogP contribution < -0.4 is 10.0 Å². The van der Waals surface area contributed by atoms with Crippen molar-refractivity contribution < 1.29 is 22.3 Å². The quantitative estimate of drug-likeness (QED) is 0.330. The minimum Gasteiger partial charge on any atom is -0.359 e. The van der Waals surface area contributed by atoms with Gasteiger partial charge in [-0.1, -0.05) is 72.8 Å². The highest BCUT2D eigenvalue weighted by molar-refractivity contribution is 7.92. The van der Waals surface area contributed by atoms with E-state index in [-0.39, 0.29) is 22.9 Å². The average molecular weight is 491 g/mol. The van der Waals surface area contributed by atoms with Crippen LogP contribution in [0.15, 0.2) is 114 Å². The van der Waals surface area contributed by atoms with E-state index in [0.717, 1.165) is 23.3 Å². The van der Waals surface area contributed by atoms with Gasteiger partial charge >= 0.3 is 0 Å². The van der Waals surface area contributed by atoms with Crippen molar-refractivity contribution in [3.63, 3.8) is 0 Å². The van der Waals surface area contributed by atoms with E-state index in [1.807, 2.05) is 60.7 Å². The Morgan fingerprint density at radius 2 is 1.26 bits per heavy atom. The Morgan fingerprint density at radius 3 is 1.83 bits per heavy atom. The molecule has 0 atom stereocenters. The van der Waals surface area contributed by atoms with E-state index in [4.69, 9.17) is 4.74 Å². The normalized spacial score (nSPS) is 11.3. The third-order valence-corrected chi connectivity index (χ3v) is 6.54. The van der Waals surface area contributed by atoms with Crippen LogP contribution in [0.1, 0.15) is 17.2 Å². The number of carbonyl (C=O) groups excluding carboxylic acids is 1. The molecule has 0 aliphatic rings. The number of benzene rings is 4. The number of sulfonamides is 1. The third kappa shape index (κ3) is 6.32. The van der Waals surface area contributed by atoms with Gasteiger partial charge in [-0.25, -0.2) is 12.8 Å². The Bertz CT molecular complexity index is 1340. The van der Waals surface area contributed by atoms with Crippen molar-refractivity contribution in [3.8, 4) is 0 Å². The molecule has 8 heteroatoms. The zero-order valence-corrected chi connectivity index (χ0v) is 19.4. The molecule has 178 valence electrons. The molecule has 0 aliphatic heterocycles. The number of para-hydroxylation sites is 2. The maximum Gasteiger partial charge on any atom is 0.261 e. The summed E-state index contributed by atoms with van der Waals surface area (Å²) in [4.78, 5) is 12.6. The summed E-state index contributed by atoms with van der Waals surface area (Å²) in [6, 6.07) is 30.0. The number of ether oxygens (including phenoxy) is 1. The molecule has 0 saturated carbocycles. The van der Waals surface area contributed by atoms with Gasteiger partial charge in [0.1, 0.15) is 18.5 Å². The second-order valence-electron chi connectivity index (χ2n) is 7.67. The van der Waals surface area contributed by atoms with E-state index in [1.165, 1.54) is 18.2 Å². The molecule has 0 fully saturated rings. The van der Waals surface area contributed by atoms with Gasteiger partial charge in [-0.15, -0.1) is 0 Å². The lowest BCUT2D eigenvalue weighted by Gasteiger charge is -2.19. The predicted molar refractivity (Wildman–Crippen MR) is 133 cm³/mol. The minimum atomic E-state index is -3.99.